The first-order valence-electron chi connectivity index (χ1n) is 12.9. The van der Waals surface area contributed by atoms with Crippen molar-refractivity contribution >= 4 is 34.4 Å². The highest BCUT2D eigenvalue weighted by Crippen LogP contribution is 2.33. The fourth-order valence-electron chi connectivity index (χ4n) is 4.60. The second-order valence-corrected chi connectivity index (χ2v) is 10.3. The summed E-state index contributed by atoms with van der Waals surface area (Å²) >= 11 is 1.10. The SMILES string of the molecule is COc1ccc(C2=CC(c3ccc(OC)cc3)N(C(=O)CSc3nc4c(cnn4-c4ccc(F)cc4)c(=O)[nH]3)N2)cc1. The van der Waals surface area contributed by atoms with E-state index < -0.39 is 6.04 Å². The van der Waals surface area contributed by atoms with Crippen LogP contribution < -0.4 is 20.5 Å². The molecule has 0 radical (unpaired) electrons. The zero-order valence-corrected chi connectivity index (χ0v) is 23.4. The standard InChI is InChI=1S/C30H25FN6O4S/c1-40-22-11-3-18(4-12-22)25-15-26(19-5-13-23(41-2)14-6-19)37(35-25)27(38)17-42-30-33-28-24(29(39)34-30)16-32-36(28)21-9-7-20(31)8-10-21/h3-16,26,35H,17H2,1-2H3,(H,33,34,39). The molecule has 2 N–H and O–H groups in total. The average Bonchev–Trinajstić information content (AvgIpc) is 3.66. The predicted octanol–water partition coefficient (Wildman–Crippen LogP) is 4.49. The van der Waals surface area contributed by atoms with Crippen LogP contribution in [0.2, 0.25) is 0 Å². The van der Waals surface area contributed by atoms with Crippen LogP contribution in [0.15, 0.2) is 95.0 Å². The summed E-state index contributed by atoms with van der Waals surface area (Å²) < 4.78 is 25.5. The second-order valence-electron chi connectivity index (χ2n) is 9.33. The highest BCUT2D eigenvalue weighted by Gasteiger charge is 2.31. The van der Waals surface area contributed by atoms with E-state index in [1.807, 2.05) is 54.6 Å². The number of H-pyrrole nitrogens is 1. The molecule has 12 heteroatoms. The number of carbonyl (C=O) groups excluding carboxylic acids is 1. The average molecular weight is 585 g/mol. The molecule has 1 unspecified atom stereocenters. The van der Waals surface area contributed by atoms with Crippen LogP contribution in [-0.4, -0.2) is 50.6 Å². The van der Waals surface area contributed by atoms with E-state index in [0.717, 1.165) is 34.3 Å². The van der Waals surface area contributed by atoms with Gasteiger partial charge in [-0.3, -0.25) is 15.0 Å². The van der Waals surface area contributed by atoms with Crippen molar-refractivity contribution in [1.29, 1.82) is 0 Å². The third kappa shape index (κ3) is 5.31. The summed E-state index contributed by atoms with van der Waals surface area (Å²) in [5, 5.41) is 6.36. The van der Waals surface area contributed by atoms with E-state index in [9.17, 15) is 14.0 Å². The minimum absolute atomic E-state index is 0.0114. The van der Waals surface area contributed by atoms with E-state index in [2.05, 4.69) is 20.5 Å². The molecule has 1 aliphatic rings. The number of methoxy groups -OCH3 is 2. The zero-order chi connectivity index (χ0) is 29.2. The number of rotatable bonds is 8. The number of nitrogens with one attached hydrogen (secondary N) is 2. The van der Waals surface area contributed by atoms with Gasteiger partial charge < -0.3 is 14.5 Å². The van der Waals surface area contributed by atoms with Crippen LogP contribution in [0.5, 0.6) is 11.5 Å². The van der Waals surface area contributed by atoms with E-state index in [-0.39, 0.29) is 33.6 Å². The molecule has 1 aliphatic heterocycles. The number of aromatic nitrogens is 4. The van der Waals surface area contributed by atoms with Gasteiger partial charge in [0, 0.05) is 0 Å². The summed E-state index contributed by atoms with van der Waals surface area (Å²) in [6.07, 6.45) is 3.39. The van der Waals surface area contributed by atoms with Crippen molar-refractivity contribution in [3.63, 3.8) is 0 Å². The molecule has 0 fully saturated rings. The minimum Gasteiger partial charge on any atom is -0.497 e. The molecule has 10 nitrogen and oxygen atoms in total. The molecule has 0 aliphatic carbocycles. The van der Waals surface area contributed by atoms with Gasteiger partial charge in [-0.2, -0.15) is 5.10 Å². The Morgan fingerprint density at radius 1 is 0.976 bits per heavy atom. The molecule has 1 atom stereocenters. The van der Waals surface area contributed by atoms with Crippen molar-refractivity contribution < 1.29 is 18.7 Å². The van der Waals surface area contributed by atoms with Crippen LogP contribution in [0, 0.1) is 5.82 Å². The van der Waals surface area contributed by atoms with Crippen molar-refractivity contribution in [2.24, 2.45) is 0 Å². The number of amides is 1. The lowest BCUT2D eigenvalue weighted by molar-refractivity contribution is -0.131. The molecule has 0 saturated heterocycles. The van der Waals surface area contributed by atoms with Gasteiger partial charge in [-0.15, -0.1) is 0 Å². The number of benzene rings is 3. The summed E-state index contributed by atoms with van der Waals surface area (Å²) in [6, 6.07) is 20.4. The van der Waals surface area contributed by atoms with Gasteiger partial charge in [-0.05, 0) is 77.9 Å². The lowest BCUT2D eigenvalue weighted by Crippen LogP contribution is -2.40. The number of thioether (sulfide) groups is 1. The molecular formula is C30H25FN6O4S. The van der Waals surface area contributed by atoms with Crippen LogP contribution >= 0.6 is 11.8 Å². The first-order chi connectivity index (χ1) is 20.4. The van der Waals surface area contributed by atoms with Crippen molar-refractivity contribution in [3.05, 3.63) is 112 Å². The van der Waals surface area contributed by atoms with Gasteiger partial charge in [0.1, 0.15) is 22.7 Å². The van der Waals surface area contributed by atoms with Gasteiger partial charge in [0.15, 0.2) is 10.8 Å². The molecule has 3 heterocycles. The normalized spacial score (nSPS) is 14.5. The molecule has 212 valence electrons. The molecule has 6 rings (SSSR count). The maximum atomic E-state index is 13.6. The number of ether oxygens (including phenoxy) is 2. The number of halogens is 1. The van der Waals surface area contributed by atoms with Gasteiger partial charge in [0.25, 0.3) is 11.5 Å². The molecular weight excluding hydrogens is 559 g/mol. The minimum atomic E-state index is -0.393. The van der Waals surface area contributed by atoms with Crippen LogP contribution in [0.1, 0.15) is 17.2 Å². The van der Waals surface area contributed by atoms with Gasteiger partial charge in [0.05, 0.1) is 43.6 Å². The highest BCUT2D eigenvalue weighted by atomic mass is 32.2. The van der Waals surface area contributed by atoms with E-state index in [4.69, 9.17) is 9.47 Å². The number of fused-ring (bicyclic) bond motifs is 1. The van der Waals surface area contributed by atoms with Gasteiger partial charge in [0.2, 0.25) is 0 Å². The predicted molar refractivity (Wildman–Crippen MR) is 157 cm³/mol. The van der Waals surface area contributed by atoms with Crippen molar-refractivity contribution in [2.75, 3.05) is 20.0 Å². The number of aromatic amines is 1. The monoisotopic (exact) mass is 584 g/mol. The topological polar surface area (TPSA) is 114 Å². The molecule has 5 aromatic rings. The maximum absolute atomic E-state index is 13.6. The van der Waals surface area contributed by atoms with E-state index >= 15 is 0 Å². The Hall–Kier alpha value is -5.10. The molecule has 0 saturated carbocycles. The Kier molecular flexibility index (Phi) is 7.36. The van der Waals surface area contributed by atoms with Gasteiger partial charge in [-0.1, -0.05) is 23.9 Å². The lowest BCUT2D eigenvalue weighted by atomic mass is 10.0. The number of hydrogen-bond acceptors (Lipinski definition) is 8. The smallest absolute Gasteiger partial charge is 0.262 e. The number of carbonyl (C=O) groups is 1. The molecule has 0 spiro atoms. The summed E-state index contributed by atoms with van der Waals surface area (Å²) in [5.74, 6) is 0.817. The number of hydrazine groups is 1. The van der Waals surface area contributed by atoms with Crippen molar-refractivity contribution in [1.82, 2.24) is 30.2 Å². The van der Waals surface area contributed by atoms with E-state index in [1.165, 1.54) is 23.0 Å². The van der Waals surface area contributed by atoms with Crippen LogP contribution in [0.4, 0.5) is 4.39 Å². The summed E-state index contributed by atoms with van der Waals surface area (Å²) in [5.41, 5.74) is 6.28. The van der Waals surface area contributed by atoms with Crippen LogP contribution in [0.3, 0.4) is 0 Å². The Morgan fingerprint density at radius 3 is 2.31 bits per heavy atom. The fraction of sp³-hybridized carbons (Fsp3) is 0.133. The fourth-order valence-corrected chi connectivity index (χ4v) is 5.32. The van der Waals surface area contributed by atoms with Gasteiger partial charge >= 0.3 is 0 Å². The largest absolute Gasteiger partial charge is 0.497 e. The molecule has 1 amide bonds. The van der Waals surface area contributed by atoms with Crippen molar-refractivity contribution in [3.8, 4) is 17.2 Å². The number of nitrogens with zero attached hydrogens (tertiary/aromatic N) is 4. The van der Waals surface area contributed by atoms with Crippen LogP contribution in [-0.2, 0) is 4.79 Å². The third-order valence-electron chi connectivity index (χ3n) is 6.79. The molecule has 3 aromatic carbocycles. The zero-order valence-electron chi connectivity index (χ0n) is 22.6. The quantitative estimate of drug-likeness (QED) is 0.203. The Balaban J connectivity index is 1.25. The Labute approximate surface area is 243 Å². The first kappa shape index (κ1) is 27.1. The molecule has 0 bridgehead atoms. The maximum Gasteiger partial charge on any atom is 0.262 e. The summed E-state index contributed by atoms with van der Waals surface area (Å²) in [6.45, 7) is 0. The van der Waals surface area contributed by atoms with Gasteiger partial charge in [-0.25, -0.2) is 19.1 Å². The summed E-state index contributed by atoms with van der Waals surface area (Å²) in [7, 11) is 3.21. The first-order valence-corrected chi connectivity index (χ1v) is 13.9. The molecule has 2 aromatic heterocycles. The third-order valence-corrected chi connectivity index (χ3v) is 7.65. The second kappa shape index (κ2) is 11.4. The lowest BCUT2D eigenvalue weighted by Gasteiger charge is -2.25. The highest BCUT2D eigenvalue weighted by molar-refractivity contribution is 7.99. The Bertz CT molecular complexity index is 1840. The van der Waals surface area contributed by atoms with E-state index in [1.54, 1.807) is 31.4 Å². The molecule has 42 heavy (non-hydrogen) atoms. The summed E-state index contributed by atoms with van der Waals surface area (Å²) in [4.78, 5) is 33.7. The number of hydrogen-bond donors (Lipinski definition) is 2. The van der Waals surface area contributed by atoms with Crippen LogP contribution in [0.25, 0.3) is 22.4 Å². The van der Waals surface area contributed by atoms with E-state index in [0.29, 0.717) is 17.1 Å². The van der Waals surface area contributed by atoms with Crippen molar-refractivity contribution in [2.45, 2.75) is 11.2 Å². The Morgan fingerprint density at radius 2 is 1.64 bits per heavy atom.